The van der Waals surface area contributed by atoms with E-state index in [1.165, 1.54) is 0 Å². The first kappa shape index (κ1) is 18.4. The molecule has 27 heavy (non-hydrogen) atoms. The maximum absolute atomic E-state index is 12.5. The van der Waals surface area contributed by atoms with E-state index in [1.54, 1.807) is 38.2 Å². The molecule has 0 atom stereocenters. The molecule has 0 aliphatic heterocycles. The van der Waals surface area contributed by atoms with Gasteiger partial charge in [0.25, 0.3) is 5.91 Å². The second-order valence-electron chi connectivity index (χ2n) is 6.24. The molecule has 2 aromatic carbocycles. The molecular formula is C21H21N3O3. The average molecular weight is 363 g/mol. The van der Waals surface area contributed by atoms with Gasteiger partial charge in [0, 0.05) is 12.6 Å². The highest BCUT2D eigenvalue weighted by Crippen LogP contribution is 2.23. The Bertz CT molecular complexity index is 992. The molecule has 1 aromatic heterocycles. The molecule has 0 spiro atoms. The highest BCUT2D eigenvalue weighted by Gasteiger charge is 2.17. The Labute approximate surface area is 157 Å². The third kappa shape index (κ3) is 4.23. The zero-order valence-corrected chi connectivity index (χ0v) is 15.5. The van der Waals surface area contributed by atoms with Crippen molar-refractivity contribution in [3.8, 4) is 11.5 Å². The van der Waals surface area contributed by atoms with Crippen molar-refractivity contribution in [2.45, 2.75) is 20.3 Å². The van der Waals surface area contributed by atoms with Gasteiger partial charge < -0.3 is 15.1 Å². The summed E-state index contributed by atoms with van der Waals surface area (Å²) < 4.78 is 5.73. The van der Waals surface area contributed by atoms with Gasteiger partial charge in [0.2, 0.25) is 11.8 Å². The number of nitrogens with zero attached hydrogens (tertiary/aromatic N) is 1. The van der Waals surface area contributed by atoms with Gasteiger partial charge in [0.1, 0.15) is 5.76 Å². The third-order valence-corrected chi connectivity index (χ3v) is 4.16. The molecule has 2 N–H and O–H groups in total. The Morgan fingerprint density at radius 2 is 1.85 bits per heavy atom. The lowest BCUT2D eigenvalue weighted by Gasteiger charge is -2.09. The van der Waals surface area contributed by atoms with Gasteiger partial charge in [0.15, 0.2) is 0 Å². The number of anilines is 1. The van der Waals surface area contributed by atoms with Crippen molar-refractivity contribution < 1.29 is 14.0 Å². The van der Waals surface area contributed by atoms with Crippen LogP contribution in [0.4, 0.5) is 5.69 Å². The summed E-state index contributed by atoms with van der Waals surface area (Å²) in [6.07, 6.45) is 0.0588. The summed E-state index contributed by atoms with van der Waals surface area (Å²) in [5.41, 5.74) is 3.41. The van der Waals surface area contributed by atoms with Gasteiger partial charge in [0.05, 0.1) is 23.4 Å². The fourth-order valence-electron chi connectivity index (χ4n) is 2.76. The SMILES string of the molecule is CNC(=O)c1ccccc1NC(=O)Cc1nc(-c2cccc(C)c2)oc1C. The number of hydrogen-bond donors (Lipinski definition) is 2. The van der Waals surface area contributed by atoms with E-state index in [2.05, 4.69) is 15.6 Å². The number of carbonyl (C=O) groups is 2. The van der Waals surface area contributed by atoms with Crippen LogP contribution in [0.15, 0.2) is 52.9 Å². The Morgan fingerprint density at radius 3 is 2.59 bits per heavy atom. The first-order valence-corrected chi connectivity index (χ1v) is 8.62. The molecule has 0 fully saturated rings. The molecule has 0 aliphatic carbocycles. The Kier molecular flexibility index (Phi) is 5.35. The van der Waals surface area contributed by atoms with Crippen LogP contribution in [0, 0.1) is 13.8 Å². The Hall–Kier alpha value is -3.41. The van der Waals surface area contributed by atoms with Crippen molar-refractivity contribution in [3.63, 3.8) is 0 Å². The van der Waals surface area contributed by atoms with Gasteiger partial charge in [-0.3, -0.25) is 9.59 Å². The fraction of sp³-hybridized carbons (Fsp3) is 0.190. The van der Waals surface area contributed by atoms with Crippen molar-refractivity contribution in [2.75, 3.05) is 12.4 Å². The van der Waals surface area contributed by atoms with E-state index < -0.39 is 0 Å². The van der Waals surface area contributed by atoms with Crippen molar-refractivity contribution in [1.82, 2.24) is 10.3 Å². The largest absolute Gasteiger partial charge is 0.441 e. The van der Waals surface area contributed by atoms with Crippen molar-refractivity contribution in [1.29, 1.82) is 0 Å². The zero-order chi connectivity index (χ0) is 19.4. The minimum atomic E-state index is -0.265. The topological polar surface area (TPSA) is 84.2 Å². The number of carbonyl (C=O) groups excluding carboxylic acids is 2. The third-order valence-electron chi connectivity index (χ3n) is 4.16. The molecule has 2 amide bonds. The summed E-state index contributed by atoms with van der Waals surface area (Å²) in [7, 11) is 1.55. The summed E-state index contributed by atoms with van der Waals surface area (Å²) in [4.78, 5) is 28.9. The van der Waals surface area contributed by atoms with E-state index in [9.17, 15) is 9.59 Å². The van der Waals surface area contributed by atoms with E-state index >= 15 is 0 Å². The van der Waals surface area contributed by atoms with Gasteiger partial charge >= 0.3 is 0 Å². The predicted molar refractivity (Wildman–Crippen MR) is 104 cm³/mol. The van der Waals surface area contributed by atoms with E-state index in [0.717, 1.165) is 11.1 Å². The second kappa shape index (κ2) is 7.86. The molecule has 3 rings (SSSR count). The summed E-state index contributed by atoms with van der Waals surface area (Å²) in [6.45, 7) is 3.78. The highest BCUT2D eigenvalue weighted by molar-refractivity contribution is 6.03. The first-order chi connectivity index (χ1) is 13.0. The van der Waals surface area contributed by atoms with Crippen LogP contribution in [0.3, 0.4) is 0 Å². The number of hydrogen-bond acceptors (Lipinski definition) is 4. The molecule has 0 radical (unpaired) electrons. The van der Waals surface area contributed by atoms with Crippen LogP contribution in [0.25, 0.3) is 11.5 Å². The van der Waals surface area contributed by atoms with E-state index in [0.29, 0.717) is 28.6 Å². The zero-order valence-electron chi connectivity index (χ0n) is 15.5. The Morgan fingerprint density at radius 1 is 1.07 bits per heavy atom. The number of aromatic nitrogens is 1. The van der Waals surface area contributed by atoms with E-state index in [-0.39, 0.29) is 18.2 Å². The van der Waals surface area contributed by atoms with Gasteiger partial charge in [-0.25, -0.2) is 4.98 Å². The van der Waals surface area contributed by atoms with Crippen molar-refractivity contribution >= 4 is 17.5 Å². The monoisotopic (exact) mass is 363 g/mol. The van der Waals surface area contributed by atoms with Crippen LogP contribution in [0.1, 0.15) is 27.4 Å². The lowest BCUT2D eigenvalue weighted by Crippen LogP contribution is -2.22. The molecule has 6 heteroatoms. The van der Waals surface area contributed by atoms with Gasteiger partial charge in [-0.2, -0.15) is 0 Å². The van der Waals surface area contributed by atoms with Gasteiger partial charge in [-0.1, -0.05) is 29.8 Å². The fourth-order valence-corrected chi connectivity index (χ4v) is 2.76. The molecule has 0 saturated heterocycles. The number of para-hydroxylation sites is 1. The van der Waals surface area contributed by atoms with Gasteiger partial charge in [-0.15, -0.1) is 0 Å². The smallest absolute Gasteiger partial charge is 0.253 e. The molecule has 1 heterocycles. The standard InChI is InChI=1S/C21H21N3O3/c1-13-7-6-8-15(11-13)21-24-18(14(2)27-21)12-19(25)23-17-10-5-4-9-16(17)20(26)22-3/h4-11H,12H2,1-3H3,(H,22,26)(H,23,25). The van der Waals surface area contributed by atoms with Crippen LogP contribution in [-0.2, 0) is 11.2 Å². The van der Waals surface area contributed by atoms with Crippen molar-refractivity contribution in [3.05, 3.63) is 71.1 Å². The molecule has 0 unspecified atom stereocenters. The molecule has 0 bridgehead atoms. The average Bonchev–Trinajstić information content (AvgIpc) is 3.02. The molecular weight excluding hydrogens is 342 g/mol. The van der Waals surface area contributed by atoms with E-state index in [1.807, 2.05) is 31.2 Å². The van der Waals surface area contributed by atoms with Crippen LogP contribution < -0.4 is 10.6 Å². The van der Waals surface area contributed by atoms with Crippen LogP contribution in [0.5, 0.6) is 0 Å². The summed E-state index contributed by atoms with van der Waals surface area (Å²) >= 11 is 0. The summed E-state index contributed by atoms with van der Waals surface area (Å²) in [5, 5.41) is 5.34. The lowest BCUT2D eigenvalue weighted by atomic mass is 10.1. The lowest BCUT2D eigenvalue weighted by molar-refractivity contribution is -0.115. The minimum absolute atomic E-state index is 0.0588. The Balaban J connectivity index is 1.77. The maximum atomic E-state index is 12.5. The van der Waals surface area contributed by atoms with Crippen LogP contribution >= 0.6 is 0 Å². The summed E-state index contributed by atoms with van der Waals surface area (Å²) in [6, 6.07) is 14.7. The van der Waals surface area contributed by atoms with Crippen LogP contribution in [-0.4, -0.2) is 23.8 Å². The molecule has 6 nitrogen and oxygen atoms in total. The van der Waals surface area contributed by atoms with Gasteiger partial charge in [-0.05, 0) is 38.1 Å². The minimum Gasteiger partial charge on any atom is -0.441 e. The normalized spacial score (nSPS) is 10.5. The highest BCUT2D eigenvalue weighted by atomic mass is 16.4. The quantitative estimate of drug-likeness (QED) is 0.727. The number of aryl methyl sites for hydroxylation is 2. The first-order valence-electron chi connectivity index (χ1n) is 8.62. The number of oxazole rings is 1. The van der Waals surface area contributed by atoms with Crippen molar-refractivity contribution in [2.24, 2.45) is 0 Å². The summed E-state index contributed by atoms with van der Waals surface area (Å²) in [5.74, 6) is 0.565. The molecule has 0 aliphatic rings. The number of nitrogens with one attached hydrogen (secondary N) is 2. The van der Waals surface area contributed by atoms with Crippen LogP contribution in [0.2, 0.25) is 0 Å². The number of rotatable bonds is 5. The maximum Gasteiger partial charge on any atom is 0.253 e. The van der Waals surface area contributed by atoms with E-state index in [4.69, 9.17) is 4.42 Å². The number of benzene rings is 2. The number of amides is 2. The predicted octanol–water partition coefficient (Wildman–Crippen LogP) is 3.50. The molecule has 138 valence electrons. The second-order valence-corrected chi connectivity index (χ2v) is 6.24. The molecule has 3 aromatic rings. The molecule has 0 saturated carbocycles.